The van der Waals surface area contributed by atoms with E-state index in [0.29, 0.717) is 52.3 Å². The number of methoxy groups -OCH3 is 1. The van der Waals surface area contributed by atoms with Gasteiger partial charge < -0.3 is 19.6 Å². The summed E-state index contributed by atoms with van der Waals surface area (Å²) in [4.78, 5) is 29.2. The van der Waals surface area contributed by atoms with Crippen LogP contribution in [-0.4, -0.2) is 53.2 Å². The minimum absolute atomic E-state index is 0.0505. The Hall–Kier alpha value is -4.62. The van der Waals surface area contributed by atoms with Crippen LogP contribution in [0.5, 0.6) is 5.88 Å². The molecule has 4 aromatic heterocycles. The van der Waals surface area contributed by atoms with E-state index in [0.717, 1.165) is 30.3 Å². The second kappa shape index (κ2) is 10.2. The van der Waals surface area contributed by atoms with Crippen LogP contribution in [-0.2, 0) is 19.3 Å². The van der Waals surface area contributed by atoms with Crippen LogP contribution in [0.25, 0.3) is 33.9 Å². The third kappa shape index (κ3) is 4.92. The van der Waals surface area contributed by atoms with Crippen LogP contribution in [0.3, 0.4) is 0 Å². The number of hydrogen-bond donors (Lipinski definition) is 2. The zero-order valence-electron chi connectivity index (χ0n) is 21.2. The van der Waals surface area contributed by atoms with E-state index in [1.54, 1.807) is 24.3 Å². The summed E-state index contributed by atoms with van der Waals surface area (Å²) in [5, 5.41) is 3.29. The van der Waals surface area contributed by atoms with Crippen LogP contribution < -0.4 is 10.1 Å². The van der Waals surface area contributed by atoms with Crippen LogP contribution in [0.2, 0.25) is 0 Å². The Morgan fingerprint density at radius 3 is 2.58 bits per heavy atom. The summed E-state index contributed by atoms with van der Waals surface area (Å²) in [6, 6.07) is 6.82. The number of halogens is 4. The smallest absolute Gasteiger partial charge is 0.434 e. The summed E-state index contributed by atoms with van der Waals surface area (Å²) in [5.41, 5.74) is 2.74. The van der Waals surface area contributed by atoms with Crippen molar-refractivity contribution in [2.75, 3.05) is 19.1 Å². The predicted octanol–water partition coefficient (Wildman–Crippen LogP) is 5.16. The number of alkyl halides is 4. The molecular weight excluding hydrogens is 530 g/mol. The Labute approximate surface area is 224 Å². The lowest BCUT2D eigenvalue weighted by Crippen LogP contribution is -2.07. The molecule has 0 radical (unpaired) electrons. The fourth-order valence-electron chi connectivity index (χ4n) is 4.49. The number of H-pyrrole nitrogens is 1. The van der Waals surface area contributed by atoms with Crippen molar-refractivity contribution in [3.05, 3.63) is 60.1 Å². The third-order valence-electron chi connectivity index (χ3n) is 6.57. The standard InChI is InChI=1S/C26H23F4N9O/c1-40-25-18(19(15-6-7-15)32-13-35-25)21-37-22(20-23(38-21)34-12-33-20)31-10-14-2-4-16(5-3-14)24-36-17(26(28,29)30)11-39(24)9-8-27/h2-5,11-13,15H,6-10H2,1H3,(H2,31,33,34,37,38). The van der Waals surface area contributed by atoms with E-state index in [9.17, 15) is 17.6 Å². The molecule has 5 aromatic rings. The van der Waals surface area contributed by atoms with Crippen molar-refractivity contribution < 1.29 is 22.3 Å². The Balaban J connectivity index is 1.28. The first-order valence-electron chi connectivity index (χ1n) is 12.5. The minimum Gasteiger partial charge on any atom is -0.480 e. The van der Waals surface area contributed by atoms with Gasteiger partial charge in [0.05, 0.1) is 25.7 Å². The maximum Gasteiger partial charge on any atom is 0.434 e. The molecule has 10 nitrogen and oxygen atoms in total. The number of nitrogens with one attached hydrogen (secondary N) is 2. The van der Waals surface area contributed by atoms with Gasteiger partial charge in [-0.25, -0.2) is 34.3 Å². The lowest BCUT2D eigenvalue weighted by Gasteiger charge is -2.13. The fraction of sp³-hybridized carbons (Fsp3) is 0.308. The van der Waals surface area contributed by atoms with Crippen molar-refractivity contribution in [3.63, 3.8) is 0 Å². The third-order valence-corrected chi connectivity index (χ3v) is 6.57. The molecular formula is C26H23F4N9O. The molecule has 0 spiro atoms. The summed E-state index contributed by atoms with van der Waals surface area (Å²) in [5.74, 6) is 1.62. The second-order valence-corrected chi connectivity index (χ2v) is 9.29. The predicted molar refractivity (Wildman–Crippen MR) is 137 cm³/mol. The maximum atomic E-state index is 13.2. The van der Waals surface area contributed by atoms with Crippen LogP contribution in [0.15, 0.2) is 43.1 Å². The molecule has 1 fully saturated rings. The van der Waals surface area contributed by atoms with Gasteiger partial charge in [0.15, 0.2) is 23.0 Å². The summed E-state index contributed by atoms with van der Waals surface area (Å²) >= 11 is 0. The van der Waals surface area contributed by atoms with E-state index < -0.39 is 18.5 Å². The van der Waals surface area contributed by atoms with Crippen molar-refractivity contribution in [2.24, 2.45) is 0 Å². The van der Waals surface area contributed by atoms with Gasteiger partial charge in [-0.15, -0.1) is 0 Å². The summed E-state index contributed by atoms with van der Waals surface area (Å²) < 4.78 is 59.2. The highest BCUT2D eigenvalue weighted by atomic mass is 19.4. The first-order chi connectivity index (χ1) is 19.4. The zero-order chi connectivity index (χ0) is 27.9. The molecule has 1 saturated carbocycles. The minimum atomic E-state index is -4.62. The Bertz CT molecular complexity index is 1660. The van der Waals surface area contributed by atoms with Gasteiger partial charge >= 0.3 is 6.18 Å². The maximum absolute atomic E-state index is 13.2. The largest absolute Gasteiger partial charge is 0.480 e. The Morgan fingerprint density at radius 1 is 1.07 bits per heavy atom. The molecule has 0 amide bonds. The molecule has 206 valence electrons. The number of rotatable bonds is 9. The second-order valence-electron chi connectivity index (χ2n) is 9.29. The Kier molecular flexibility index (Phi) is 6.52. The van der Waals surface area contributed by atoms with Crippen LogP contribution in [0.1, 0.15) is 35.7 Å². The molecule has 1 aliphatic carbocycles. The van der Waals surface area contributed by atoms with Gasteiger partial charge in [-0.05, 0) is 18.4 Å². The van der Waals surface area contributed by atoms with Crippen molar-refractivity contribution in [1.82, 2.24) is 39.5 Å². The molecule has 6 rings (SSSR count). The fourth-order valence-corrected chi connectivity index (χ4v) is 4.49. The van der Waals surface area contributed by atoms with Crippen molar-refractivity contribution in [3.8, 4) is 28.7 Å². The zero-order valence-corrected chi connectivity index (χ0v) is 21.2. The van der Waals surface area contributed by atoms with E-state index in [4.69, 9.17) is 9.72 Å². The lowest BCUT2D eigenvalue weighted by atomic mass is 10.1. The van der Waals surface area contributed by atoms with E-state index in [1.165, 1.54) is 24.3 Å². The van der Waals surface area contributed by atoms with Crippen molar-refractivity contribution in [2.45, 2.75) is 38.0 Å². The Morgan fingerprint density at radius 2 is 1.88 bits per heavy atom. The number of nitrogens with zero attached hydrogens (tertiary/aromatic N) is 7. The number of benzene rings is 1. The molecule has 14 heteroatoms. The monoisotopic (exact) mass is 553 g/mol. The number of ether oxygens (including phenoxy) is 1. The van der Waals surface area contributed by atoms with E-state index in [1.807, 2.05) is 0 Å². The van der Waals surface area contributed by atoms with Gasteiger partial charge in [0, 0.05) is 24.2 Å². The summed E-state index contributed by atoms with van der Waals surface area (Å²) in [6.45, 7) is -0.693. The molecule has 40 heavy (non-hydrogen) atoms. The van der Waals surface area contributed by atoms with Crippen molar-refractivity contribution >= 4 is 17.0 Å². The molecule has 0 saturated heterocycles. The summed E-state index contributed by atoms with van der Waals surface area (Å²) in [6.07, 6.45) is 1.24. The number of anilines is 1. The quantitative estimate of drug-likeness (QED) is 0.240. The van der Waals surface area contributed by atoms with Gasteiger partial charge in [0.2, 0.25) is 5.88 Å². The molecule has 1 aromatic carbocycles. The average molecular weight is 554 g/mol. The number of aromatic amines is 1. The van der Waals surface area contributed by atoms with Crippen LogP contribution >= 0.6 is 0 Å². The molecule has 1 aliphatic rings. The van der Waals surface area contributed by atoms with Gasteiger partial charge in [-0.2, -0.15) is 13.2 Å². The highest BCUT2D eigenvalue weighted by Gasteiger charge is 2.35. The summed E-state index contributed by atoms with van der Waals surface area (Å²) in [7, 11) is 1.53. The van der Waals surface area contributed by atoms with Gasteiger partial charge in [-0.1, -0.05) is 24.3 Å². The average Bonchev–Trinajstić information content (AvgIpc) is 3.52. The van der Waals surface area contributed by atoms with E-state index in [2.05, 4.69) is 35.2 Å². The highest BCUT2D eigenvalue weighted by Crippen LogP contribution is 2.45. The molecule has 0 atom stereocenters. The number of aromatic nitrogens is 8. The van der Waals surface area contributed by atoms with Crippen LogP contribution in [0.4, 0.5) is 23.4 Å². The number of aryl methyl sites for hydroxylation is 1. The number of hydrogen-bond acceptors (Lipinski definition) is 8. The van der Waals surface area contributed by atoms with Crippen molar-refractivity contribution in [1.29, 1.82) is 0 Å². The van der Waals surface area contributed by atoms with Gasteiger partial charge in [0.1, 0.15) is 29.9 Å². The number of imidazole rings is 2. The first kappa shape index (κ1) is 25.6. The molecule has 0 bridgehead atoms. The highest BCUT2D eigenvalue weighted by molar-refractivity contribution is 5.85. The lowest BCUT2D eigenvalue weighted by molar-refractivity contribution is -0.140. The van der Waals surface area contributed by atoms with Gasteiger partial charge in [0.25, 0.3) is 0 Å². The molecule has 0 unspecified atom stereocenters. The van der Waals surface area contributed by atoms with E-state index >= 15 is 0 Å². The molecule has 0 aliphatic heterocycles. The SMILES string of the molecule is COc1ncnc(C2CC2)c1-c1nc(NCc2ccc(-c3nc(C(F)(F)F)cn3CCF)cc2)c2[nH]cnc2n1. The number of fused-ring (bicyclic) bond motifs is 1. The molecule has 2 N–H and O–H groups in total. The normalized spacial score (nSPS) is 13.6. The topological polar surface area (TPSA) is 119 Å². The van der Waals surface area contributed by atoms with Crippen LogP contribution in [0, 0.1) is 0 Å². The van der Waals surface area contributed by atoms with Gasteiger partial charge in [-0.3, -0.25) is 0 Å². The van der Waals surface area contributed by atoms with E-state index in [-0.39, 0.29) is 12.4 Å². The first-order valence-corrected chi connectivity index (χ1v) is 12.5. The molecule has 4 heterocycles.